The van der Waals surface area contributed by atoms with Crippen molar-refractivity contribution in [2.75, 3.05) is 6.54 Å². The van der Waals surface area contributed by atoms with Crippen LogP contribution in [0.25, 0.3) is 11.5 Å². The molecular formula is C18H19N3O3. The first-order valence-electron chi connectivity index (χ1n) is 7.78. The number of ketones is 1. The molecular weight excluding hydrogens is 306 g/mol. The van der Waals surface area contributed by atoms with E-state index in [-0.39, 0.29) is 6.42 Å². The van der Waals surface area contributed by atoms with E-state index >= 15 is 0 Å². The van der Waals surface area contributed by atoms with Gasteiger partial charge in [0.15, 0.2) is 11.7 Å². The molecule has 1 amide bonds. The lowest BCUT2D eigenvalue weighted by atomic mass is 10.0. The second-order valence-corrected chi connectivity index (χ2v) is 5.38. The quantitative estimate of drug-likeness (QED) is 0.789. The van der Waals surface area contributed by atoms with Gasteiger partial charge in [-0.05, 0) is 25.5 Å². The van der Waals surface area contributed by atoms with Crippen molar-refractivity contribution < 1.29 is 14.0 Å². The Balaban J connectivity index is 2.13. The highest BCUT2D eigenvalue weighted by molar-refractivity contribution is 6.04. The van der Waals surface area contributed by atoms with E-state index in [0.717, 1.165) is 12.0 Å². The highest BCUT2D eigenvalue weighted by atomic mass is 16.4. The van der Waals surface area contributed by atoms with Crippen LogP contribution in [0.4, 0.5) is 0 Å². The summed E-state index contributed by atoms with van der Waals surface area (Å²) in [6.07, 6.45) is 0.626. The molecule has 6 heteroatoms. The van der Waals surface area contributed by atoms with E-state index in [0.29, 0.717) is 23.9 Å². The average Bonchev–Trinajstić information content (AvgIpc) is 2.95. The van der Waals surface area contributed by atoms with Gasteiger partial charge in [0.05, 0.1) is 18.2 Å². The van der Waals surface area contributed by atoms with Crippen molar-refractivity contribution in [3.63, 3.8) is 0 Å². The van der Waals surface area contributed by atoms with Gasteiger partial charge >= 0.3 is 0 Å². The van der Waals surface area contributed by atoms with Crippen molar-refractivity contribution in [3.8, 4) is 17.5 Å². The standard InChI is InChI=1S/C18H19N3O3/c1-3-9-20-17(23)14(11-19)16(22)10-15-12(2)24-18(21-15)13-7-5-4-6-8-13/h4-8,14H,3,9-10H2,1-2H3,(H,20,23). The molecule has 24 heavy (non-hydrogen) atoms. The molecule has 0 aliphatic carbocycles. The smallest absolute Gasteiger partial charge is 0.245 e. The van der Waals surface area contributed by atoms with E-state index in [1.54, 1.807) is 13.0 Å². The molecule has 1 aromatic heterocycles. The van der Waals surface area contributed by atoms with Crippen LogP contribution in [-0.2, 0) is 16.0 Å². The molecule has 2 rings (SSSR count). The van der Waals surface area contributed by atoms with Gasteiger partial charge in [0.2, 0.25) is 11.8 Å². The molecule has 0 saturated heterocycles. The van der Waals surface area contributed by atoms with Crippen LogP contribution in [0.1, 0.15) is 24.8 Å². The molecule has 1 atom stereocenters. The molecule has 0 bridgehead atoms. The first-order valence-corrected chi connectivity index (χ1v) is 7.78. The summed E-state index contributed by atoms with van der Waals surface area (Å²) >= 11 is 0. The Morgan fingerprint density at radius 1 is 1.33 bits per heavy atom. The predicted molar refractivity (Wildman–Crippen MR) is 87.8 cm³/mol. The van der Waals surface area contributed by atoms with Gasteiger partial charge in [-0.3, -0.25) is 9.59 Å². The third-order valence-electron chi connectivity index (χ3n) is 3.52. The molecule has 1 unspecified atom stereocenters. The maximum atomic E-state index is 12.3. The van der Waals surface area contributed by atoms with Gasteiger partial charge in [-0.25, -0.2) is 4.98 Å². The summed E-state index contributed by atoms with van der Waals surface area (Å²) < 4.78 is 5.59. The SMILES string of the molecule is CCCNC(=O)C(C#N)C(=O)Cc1nc(-c2ccccc2)oc1C. The first-order chi connectivity index (χ1) is 11.6. The van der Waals surface area contributed by atoms with E-state index in [9.17, 15) is 9.59 Å². The fraction of sp³-hybridized carbons (Fsp3) is 0.333. The highest BCUT2D eigenvalue weighted by Crippen LogP contribution is 2.22. The highest BCUT2D eigenvalue weighted by Gasteiger charge is 2.27. The van der Waals surface area contributed by atoms with Crippen molar-refractivity contribution in [1.82, 2.24) is 10.3 Å². The zero-order chi connectivity index (χ0) is 17.5. The fourth-order valence-electron chi connectivity index (χ4n) is 2.19. The number of nitrogens with zero attached hydrogens (tertiary/aromatic N) is 2. The number of carbonyl (C=O) groups excluding carboxylic acids is 2. The molecule has 124 valence electrons. The average molecular weight is 325 g/mol. The van der Waals surface area contributed by atoms with E-state index in [2.05, 4.69) is 10.3 Å². The lowest BCUT2D eigenvalue weighted by molar-refractivity contribution is -0.131. The van der Waals surface area contributed by atoms with E-state index in [1.165, 1.54) is 0 Å². The summed E-state index contributed by atoms with van der Waals surface area (Å²) in [7, 11) is 0. The summed E-state index contributed by atoms with van der Waals surface area (Å²) in [6, 6.07) is 11.1. The fourth-order valence-corrected chi connectivity index (χ4v) is 2.19. The van der Waals surface area contributed by atoms with Gasteiger partial charge in [0, 0.05) is 12.1 Å². The first kappa shape index (κ1) is 17.4. The molecule has 0 aliphatic heterocycles. The van der Waals surface area contributed by atoms with Gasteiger partial charge in [0.1, 0.15) is 5.76 Å². The molecule has 2 aromatic rings. The number of aromatic nitrogens is 1. The van der Waals surface area contributed by atoms with E-state index in [1.807, 2.05) is 37.3 Å². The number of Topliss-reactive ketones (excluding diaryl/α,β-unsaturated/α-hetero) is 1. The maximum Gasteiger partial charge on any atom is 0.245 e. The number of oxazole rings is 1. The number of carbonyl (C=O) groups is 2. The predicted octanol–water partition coefficient (Wildman–Crippen LogP) is 2.43. The number of hydrogen-bond acceptors (Lipinski definition) is 5. The molecule has 6 nitrogen and oxygen atoms in total. The lowest BCUT2D eigenvalue weighted by Crippen LogP contribution is -2.35. The Labute approximate surface area is 140 Å². The zero-order valence-electron chi connectivity index (χ0n) is 13.7. The lowest BCUT2D eigenvalue weighted by Gasteiger charge is -2.07. The van der Waals surface area contributed by atoms with Crippen molar-refractivity contribution in [3.05, 3.63) is 41.8 Å². The summed E-state index contributed by atoms with van der Waals surface area (Å²) in [5, 5.41) is 11.7. The van der Waals surface area contributed by atoms with Gasteiger partial charge in [-0.2, -0.15) is 5.26 Å². The number of nitrogens with one attached hydrogen (secondary N) is 1. The molecule has 0 fully saturated rings. The molecule has 0 spiro atoms. The van der Waals surface area contributed by atoms with Crippen LogP contribution in [-0.4, -0.2) is 23.2 Å². The summed E-state index contributed by atoms with van der Waals surface area (Å²) in [5.74, 6) is -1.45. The maximum absolute atomic E-state index is 12.3. The van der Waals surface area contributed by atoms with E-state index in [4.69, 9.17) is 9.68 Å². The van der Waals surface area contributed by atoms with Gasteiger partial charge in [-0.15, -0.1) is 0 Å². The summed E-state index contributed by atoms with van der Waals surface area (Å²) in [4.78, 5) is 28.5. The Bertz CT molecular complexity index is 760. The second kappa shape index (κ2) is 8.06. The minimum atomic E-state index is -1.33. The van der Waals surface area contributed by atoms with Crippen LogP contribution >= 0.6 is 0 Å². The summed E-state index contributed by atoms with van der Waals surface area (Å²) in [6.45, 7) is 4.04. The Kier molecular flexibility index (Phi) is 5.85. The van der Waals surface area contributed by atoms with E-state index < -0.39 is 17.6 Å². The van der Waals surface area contributed by atoms with Crippen LogP contribution in [0.15, 0.2) is 34.7 Å². The van der Waals surface area contributed by atoms with Gasteiger partial charge in [0.25, 0.3) is 0 Å². The van der Waals surface area contributed by atoms with Crippen LogP contribution < -0.4 is 5.32 Å². The number of amides is 1. The van der Waals surface area contributed by atoms with Crippen molar-refractivity contribution in [2.45, 2.75) is 26.7 Å². The number of benzene rings is 1. The minimum Gasteiger partial charge on any atom is -0.441 e. The monoisotopic (exact) mass is 325 g/mol. The largest absolute Gasteiger partial charge is 0.441 e. The second-order valence-electron chi connectivity index (χ2n) is 5.38. The molecule has 1 heterocycles. The topological polar surface area (TPSA) is 96.0 Å². The molecule has 0 aliphatic rings. The van der Waals surface area contributed by atoms with Crippen molar-refractivity contribution in [1.29, 1.82) is 5.26 Å². The van der Waals surface area contributed by atoms with Gasteiger partial charge in [-0.1, -0.05) is 25.1 Å². The minimum absolute atomic E-state index is 0.111. The Morgan fingerprint density at radius 2 is 2.04 bits per heavy atom. The van der Waals surface area contributed by atoms with Crippen LogP contribution in [0.3, 0.4) is 0 Å². The number of rotatable bonds is 7. The number of hydrogen-bond donors (Lipinski definition) is 1. The Morgan fingerprint density at radius 3 is 2.67 bits per heavy atom. The third-order valence-corrected chi connectivity index (χ3v) is 3.52. The zero-order valence-corrected chi connectivity index (χ0v) is 13.7. The van der Waals surface area contributed by atoms with Crippen LogP contribution in [0, 0.1) is 24.2 Å². The summed E-state index contributed by atoms with van der Waals surface area (Å²) in [5.41, 5.74) is 1.25. The van der Waals surface area contributed by atoms with Crippen molar-refractivity contribution >= 4 is 11.7 Å². The van der Waals surface area contributed by atoms with Gasteiger partial charge < -0.3 is 9.73 Å². The van der Waals surface area contributed by atoms with Crippen molar-refractivity contribution in [2.24, 2.45) is 5.92 Å². The molecule has 0 radical (unpaired) electrons. The van der Waals surface area contributed by atoms with Crippen LogP contribution in [0.5, 0.6) is 0 Å². The van der Waals surface area contributed by atoms with Crippen LogP contribution in [0.2, 0.25) is 0 Å². The Hall–Kier alpha value is -2.94. The number of aryl methyl sites for hydroxylation is 1. The molecule has 1 N–H and O–H groups in total. The normalized spacial score (nSPS) is 11.5. The number of nitriles is 1. The third kappa shape index (κ3) is 4.07. The molecule has 0 saturated carbocycles. The molecule has 1 aromatic carbocycles.